The number of carbonyl (C=O) groups excluding carboxylic acids is 6. The van der Waals surface area contributed by atoms with Crippen molar-refractivity contribution in [3.8, 4) is 5.75 Å². The van der Waals surface area contributed by atoms with Crippen LogP contribution in [0.25, 0.3) is 10.1 Å². The fourth-order valence-corrected chi connectivity index (χ4v) is 6.68. The molecule has 14 nitrogen and oxygen atoms in total. The van der Waals surface area contributed by atoms with Crippen LogP contribution in [0.5, 0.6) is 5.75 Å². The molecule has 2 aromatic carbocycles. The minimum Gasteiger partial charge on any atom is -0.456 e. The Kier molecular flexibility index (Phi) is 13.7. The van der Waals surface area contributed by atoms with E-state index in [0.29, 0.717) is 26.1 Å². The van der Waals surface area contributed by atoms with Crippen molar-refractivity contribution in [1.82, 2.24) is 15.5 Å². The summed E-state index contributed by atoms with van der Waals surface area (Å²) in [6.45, 7) is 18.6. The van der Waals surface area contributed by atoms with E-state index in [9.17, 15) is 28.8 Å². The van der Waals surface area contributed by atoms with Gasteiger partial charge in [-0.05, 0) is 136 Å². The first-order valence-corrected chi connectivity index (χ1v) is 19.7. The molecule has 0 saturated carbocycles. The maximum Gasteiger partial charge on any atom is 0.414 e. The molecule has 3 amide bonds. The number of aliphatic imine (C=N–C) groups is 1. The molecule has 0 aliphatic heterocycles. The fourth-order valence-electron chi connectivity index (χ4n) is 4.94. The summed E-state index contributed by atoms with van der Waals surface area (Å²) in [4.78, 5) is 83.3. The van der Waals surface area contributed by atoms with Crippen LogP contribution in [0, 0.1) is 0 Å². The zero-order valence-corrected chi connectivity index (χ0v) is 35.5. The molecule has 0 saturated heterocycles. The van der Waals surface area contributed by atoms with E-state index in [1.165, 1.54) is 58.8 Å². The van der Waals surface area contributed by atoms with Crippen LogP contribution in [-0.4, -0.2) is 69.5 Å². The minimum atomic E-state index is -0.853. The van der Waals surface area contributed by atoms with E-state index < -0.39 is 47.0 Å². The Hall–Kier alpha value is -5.61. The number of ether oxygens (including phenoxy) is 4. The number of nitrogens with one attached hydrogen (secondary N) is 2. The van der Waals surface area contributed by atoms with Crippen LogP contribution in [0.4, 0.5) is 15.3 Å². The number of carbonyl (C=O) groups is 6. The van der Waals surface area contributed by atoms with Gasteiger partial charge in [-0.2, -0.15) is 0 Å². The van der Waals surface area contributed by atoms with Crippen molar-refractivity contribution in [3.63, 3.8) is 0 Å². The van der Waals surface area contributed by atoms with Gasteiger partial charge >= 0.3 is 24.1 Å². The number of rotatable bonds is 9. The van der Waals surface area contributed by atoms with Crippen LogP contribution < -0.4 is 15.4 Å². The smallest absolute Gasteiger partial charge is 0.414 e. The summed E-state index contributed by atoms with van der Waals surface area (Å²) in [5.74, 6) is -1.71. The van der Waals surface area contributed by atoms with E-state index in [4.69, 9.17) is 18.9 Å². The lowest BCUT2D eigenvalue weighted by Crippen LogP contribution is -2.47. The largest absolute Gasteiger partial charge is 0.456 e. The van der Waals surface area contributed by atoms with Gasteiger partial charge in [0.1, 0.15) is 27.4 Å². The van der Waals surface area contributed by atoms with Crippen LogP contribution in [0.3, 0.4) is 0 Å². The van der Waals surface area contributed by atoms with E-state index >= 15 is 0 Å². The highest BCUT2D eigenvalue weighted by atomic mass is 32.1. The molecular weight excluding hydrogens is 773 g/mol. The van der Waals surface area contributed by atoms with E-state index in [1.54, 1.807) is 104 Å². The second kappa shape index (κ2) is 17.7. The SMILES string of the molecule is CC(=O)[C@@H](C)N(Cc1csc(C(=O)OC(C)(C)C)c1)C(=O)c1csc2cc(OC(=O)c3ccc(N=C(NC(=O)OC(C)(C)C)NC(=O)OC(C)(C)C)cc3)ccc12. The molecule has 4 rings (SSSR count). The molecule has 4 aromatic rings. The van der Waals surface area contributed by atoms with E-state index in [2.05, 4.69) is 15.6 Å². The third-order valence-corrected chi connectivity index (χ3v) is 9.40. The zero-order chi connectivity index (χ0) is 42.5. The van der Waals surface area contributed by atoms with Crippen LogP contribution in [0.2, 0.25) is 0 Å². The zero-order valence-electron chi connectivity index (χ0n) is 33.9. The predicted molar refractivity (Wildman–Crippen MR) is 219 cm³/mol. The number of alkyl carbamates (subject to hydrolysis) is 2. The molecule has 0 unspecified atom stereocenters. The second-order valence-corrected chi connectivity index (χ2v) is 17.8. The number of fused-ring (bicyclic) bond motifs is 1. The monoisotopic (exact) mass is 820 g/mol. The molecular formula is C41H48N4O10S2. The van der Waals surface area contributed by atoms with Crippen LogP contribution in [-0.2, 0) is 25.5 Å². The summed E-state index contributed by atoms with van der Waals surface area (Å²) in [6, 6.07) is 11.7. The van der Waals surface area contributed by atoms with Gasteiger partial charge in [-0.1, -0.05) is 0 Å². The molecule has 2 heterocycles. The second-order valence-electron chi connectivity index (χ2n) is 16.0. The van der Waals surface area contributed by atoms with Crippen molar-refractivity contribution in [1.29, 1.82) is 0 Å². The van der Waals surface area contributed by atoms with E-state index in [0.717, 1.165) is 0 Å². The van der Waals surface area contributed by atoms with Gasteiger partial charge < -0.3 is 23.8 Å². The van der Waals surface area contributed by atoms with Crippen LogP contribution in [0.1, 0.15) is 112 Å². The minimum absolute atomic E-state index is 0.0951. The number of guanidine groups is 1. The molecule has 16 heteroatoms. The summed E-state index contributed by atoms with van der Waals surface area (Å²) < 4.78 is 22.4. The number of Topliss-reactive ketones (excluding diaryl/α,β-unsaturated/α-hetero) is 1. The average Bonchev–Trinajstić information content (AvgIpc) is 3.71. The van der Waals surface area contributed by atoms with Crippen molar-refractivity contribution in [3.05, 3.63) is 80.9 Å². The summed E-state index contributed by atoms with van der Waals surface area (Å²) in [5.41, 5.74) is -0.750. The van der Waals surface area contributed by atoms with Gasteiger partial charge in [-0.3, -0.25) is 20.2 Å². The highest BCUT2D eigenvalue weighted by molar-refractivity contribution is 7.17. The van der Waals surface area contributed by atoms with Gasteiger partial charge in [0.2, 0.25) is 5.96 Å². The average molecular weight is 821 g/mol. The number of amides is 3. The molecule has 0 aliphatic carbocycles. The lowest BCUT2D eigenvalue weighted by atomic mass is 10.1. The highest BCUT2D eigenvalue weighted by Crippen LogP contribution is 2.32. The van der Waals surface area contributed by atoms with Crippen molar-refractivity contribution < 1.29 is 47.7 Å². The standard InChI is InChI=1S/C41H48N4O10S2/c1-23(24(2)46)45(20-25-18-32(56-21-25)35(49)53-39(3,4)5)33(47)30-22-57-31-19-28(16-17-29(30)31)52-34(48)26-12-14-27(15-13-26)42-36(43-37(50)54-40(6,7)8)44-38(51)55-41(9,10)11/h12-19,21-23H,20H2,1-11H3,(H2,42,43,44,50,51)/t23-/m1/s1. The van der Waals surface area contributed by atoms with Crippen LogP contribution >= 0.6 is 22.7 Å². The lowest BCUT2D eigenvalue weighted by molar-refractivity contribution is -0.121. The lowest BCUT2D eigenvalue weighted by Gasteiger charge is -2.27. The maximum absolute atomic E-state index is 14.0. The molecule has 1 atom stereocenters. The number of benzene rings is 2. The quantitative estimate of drug-likeness (QED) is 0.0545. The van der Waals surface area contributed by atoms with Gasteiger partial charge in [-0.25, -0.2) is 24.2 Å². The third kappa shape index (κ3) is 13.2. The summed E-state index contributed by atoms with van der Waals surface area (Å²) in [7, 11) is 0. The summed E-state index contributed by atoms with van der Waals surface area (Å²) in [6.07, 6.45) is -1.71. The summed E-state index contributed by atoms with van der Waals surface area (Å²) in [5, 5.41) is 8.88. The Morgan fingerprint density at radius 1 is 0.737 bits per heavy atom. The fraction of sp³-hybridized carbons (Fsp3) is 0.390. The molecule has 304 valence electrons. The predicted octanol–water partition coefficient (Wildman–Crippen LogP) is 8.79. The molecule has 0 fully saturated rings. The molecule has 0 bridgehead atoms. The Balaban J connectivity index is 1.49. The van der Waals surface area contributed by atoms with Gasteiger partial charge in [0.25, 0.3) is 5.91 Å². The third-order valence-electron chi connectivity index (χ3n) is 7.49. The van der Waals surface area contributed by atoms with Crippen molar-refractivity contribution in [2.24, 2.45) is 4.99 Å². The van der Waals surface area contributed by atoms with E-state index in [1.807, 2.05) is 0 Å². The van der Waals surface area contributed by atoms with Gasteiger partial charge in [0.05, 0.1) is 22.9 Å². The van der Waals surface area contributed by atoms with Gasteiger partial charge in [0, 0.05) is 22.0 Å². The number of esters is 2. The Bertz CT molecular complexity index is 2150. The number of nitrogens with zero attached hydrogens (tertiary/aromatic N) is 2. The van der Waals surface area contributed by atoms with Crippen molar-refractivity contribution in [2.75, 3.05) is 0 Å². The number of thiophene rings is 2. The number of hydrogen-bond donors (Lipinski definition) is 2. The van der Waals surface area contributed by atoms with Crippen molar-refractivity contribution in [2.45, 2.75) is 106 Å². The normalized spacial score (nSPS) is 12.2. The maximum atomic E-state index is 14.0. The molecule has 0 aliphatic rings. The molecule has 2 N–H and O–H groups in total. The first-order valence-electron chi connectivity index (χ1n) is 17.9. The summed E-state index contributed by atoms with van der Waals surface area (Å²) >= 11 is 2.49. The van der Waals surface area contributed by atoms with E-state index in [-0.39, 0.29) is 41.2 Å². The molecule has 0 spiro atoms. The molecule has 0 radical (unpaired) electrons. The first-order chi connectivity index (χ1) is 26.4. The molecule has 2 aromatic heterocycles. The topological polar surface area (TPSA) is 179 Å². The van der Waals surface area contributed by atoms with Crippen molar-refractivity contribution >= 4 is 80.2 Å². The Labute approximate surface area is 339 Å². The van der Waals surface area contributed by atoms with Gasteiger partial charge in [-0.15, -0.1) is 22.7 Å². The van der Waals surface area contributed by atoms with Crippen LogP contribution in [0.15, 0.2) is 64.3 Å². The highest BCUT2D eigenvalue weighted by Gasteiger charge is 2.28. The molecule has 57 heavy (non-hydrogen) atoms. The number of hydrogen-bond acceptors (Lipinski definition) is 13. The Morgan fingerprint density at radius 3 is 1.86 bits per heavy atom. The number of ketones is 1. The van der Waals surface area contributed by atoms with Gasteiger partial charge in [0.15, 0.2) is 5.78 Å². The Morgan fingerprint density at radius 2 is 1.32 bits per heavy atom. The first kappa shape index (κ1) is 44.1.